The lowest BCUT2D eigenvalue weighted by atomic mass is 9.95. The lowest BCUT2D eigenvalue weighted by Crippen LogP contribution is -2.45. The van der Waals surface area contributed by atoms with Crippen LogP contribution in [0.1, 0.15) is 28.2 Å². The molecular weight excluding hydrogens is 495 g/mol. The number of nitrogens with one attached hydrogen (secondary N) is 2. The SMILES string of the molecule is Nc1ccc(CNC(=O)[C@@H](CNC(=O)[C@H](N)Cc2ccc(Cl)cc2)c2cccc(C(F)(F)F)c2)cn1. The Morgan fingerprint density at radius 3 is 2.31 bits per heavy atom. The van der Waals surface area contributed by atoms with Gasteiger partial charge in [-0.15, -0.1) is 0 Å². The van der Waals surface area contributed by atoms with Crippen molar-refractivity contribution in [3.63, 3.8) is 0 Å². The van der Waals surface area contributed by atoms with Gasteiger partial charge in [0.25, 0.3) is 0 Å². The Bertz CT molecular complexity index is 1190. The Morgan fingerprint density at radius 1 is 0.972 bits per heavy atom. The first-order chi connectivity index (χ1) is 17.0. The Hall–Kier alpha value is -3.63. The van der Waals surface area contributed by atoms with Gasteiger partial charge in [-0.1, -0.05) is 48.0 Å². The van der Waals surface area contributed by atoms with E-state index in [1.807, 2.05) is 0 Å². The highest BCUT2D eigenvalue weighted by Gasteiger charge is 2.32. The smallest absolute Gasteiger partial charge is 0.384 e. The normalized spacial score (nSPS) is 13.0. The van der Waals surface area contributed by atoms with Gasteiger partial charge in [-0.25, -0.2) is 4.98 Å². The molecule has 3 rings (SSSR count). The minimum Gasteiger partial charge on any atom is -0.384 e. The average Bonchev–Trinajstić information content (AvgIpc) is 2.84. The molecule has 7 nitrogen and oxygen atoms in total. The summed E-state index contributed by atoms with van der Waals surface area (Å²) in [5.41, 5.74) is 12.2. The summed E-state index contributed by atoms with van der Waals surface area (Å²) in [6.45, 7) is -0.175. The van der Waals surface area contributed by atoms with Gasteiger partial charge >= 0.3 is 6.18 Å². The molecule has 0 fully saturated rings. The fourth-order valence-corrected chi connectivity index (χ4v) is 3.57. The van der Waals surface area contributed by atoms with E-state index in [9.17, 15) is 22.8 Å². The highest BCUT2D eigenvalue weighted by atomic mass is 35.5. The van der Waals surface area contributed by atoms with Gasteiger partial charge in [0.1, 0.15) is 5.82 Å². The van der Waals surface area contributed by atoms with Gasteiger partial charge in [-0.3, -0.25) is 9.59 Å². The third kappa shape index (κ3) is 7.69. The molecule has 190 valence electrons. The minimum absolute atomic E-state index is 0.0750. The van der Waals surface area contributed by atoms with E-state index >= 15 is 0 Å². The number of nitrogens with zero attached hydrogens (tertiary/aromatic N) is 1. The fourth-order valence-electron chi connectivity index (χ4n) is 3.45. The van der Waals surface area contributed by atoms with Gasteiger partial charge in [0.15, 0.2) is 0 Å². The second-order valence-electron chi connectivity index (χ2n) is 8.17. The molecule has 0 aliphatic rings. The van der Waals surface area contributed by atoms with Gasteiger partial charge in [-0.05, 0) is 47.4 Å². The number of nitrogens with two attached hydrogens (primary N) is 2. The summed E-state index contributed by atoms with van der Waals surface area (Å²) < 4.78 is 39.8. The van der Waals surface area contributed by atoms with E-state index < -0.39 is 35.5 Å². The van der Waals surface area contributed by atoms with Crippen molar-refractivity contribution in [3.8, 4) is 0 Å². The van der Waals surface area contributed by atoms with Crippen LogP contribution >= 0.6 is 11.6 Å². The number of nitrogen functional groups attached to an aromatic ring is 1. The number of anilines is 1. The number of halogens is 4. The maximum absolute atomic E-state index is 13.3. The number of pyridine rings is 1. The monoisotopic (exact) mass is 519 g/mol. The highest BCUT2D eigenvalue weighted by molar-refractivity contribution is 6.30. The number of rotatable bonds is 9. The quantitative estimate of drug-likeness (QED) is 0.345. The van der Waals surface area contributed by atoms with Crippen LogP contribution in [0.15, 0.2) is 66.9 Å². The average molecular weight is 520 g/mol. The van der Waals surface area contributed by atoms with Gasteiger partial charge in [0.05, 0.1) is 17.5 Å². The van der Waals surface area contributed by atoms with Crippen molar-refractivity contribution in [2.45, 2.75) is 31.1 Å². The molecule has 1 heterocycles. The van der Waals surface area contributed by atoms with Crippen molar-refractivity contribution in [3.05, 3.63) is 94.1 Å². The molecule has 0 saturated heterocycles. The third-order valence-electron chi connectivity index (χ3n) is 5.43. The van der Waals surface area contributed by atoms with Crippen LogP contribution in [0.5, 0.6) is 0 Å². The van der Waals surface area contributed by atoms with Crippen LogP contribution < -0.4 is 22.1 Å². The summed E-state index contributed by atoms with van der Waals surface area (Å²) in [5, 5.41) is 5.82. The van der Waals surface area contributed by atoms with Crippen molar-refractivity contribution in [2.24, 2.45) is 5.73 Å². The van der Waals surface area contributed by atoms with Gasteiger partial charge in [0.2, 0.25) is 11.8 Å². The summed E-state index contributed by atoms with van der Waals surface area (Å²) in [6.07, 6.45) is -2.89. The molecular formula is C25H25ClF3N5O2. The van der Waals surface area contributed by atoms with Crippen LogP contribution in [0, 0.1) is 0 Å². The Morgan fingerprint density at radius 2 is 1.67 bits per heavy atom. The predicted octanol–water partition coefficient (Wildman–Crippen LogP) is 3.42. The zero-order chi connectivity index (χ0) is 26.3. The number of amides is 2. The minimum atomic E-state index is -4.59. The molecule has 0 radical (unpaired) electrons. The van der Waals surface area contributed by atoms with Crippen molar-refractivity contribution in [2.75, 3.05) is 12.3 Å². The predicted molar refractivity (Wildman–Crippen MR) is 131 cm³/mol. The standard InChI is InChI=1S/C25H25ClF3N5O2/c26-19-7-4-15(5-8-19)10-21(30)24(36)34-14-20(17-2-1-3-18(11-17)25(27,28)29)23(35)33-13-16-6-9-22(31)32-12-16/h1-9,11-12,20-21H,10,13-14,30H2,(H2,31,32)(H,33,35)(H,34,36)/t20-,21+/m0/s1. The van der Waals surface area contributed by atoms with Crippen LogP contribution in [0.2, 0.25) is 5.02 Å². The molecule has 6 N–H and O–H groups in total. The molecule has 2 atom stereocenters. The molecule has 0 unspecified atom stereocenters. The number of hydrogen-bond donors (Lipinski definition) is 4. The zero-order valence-electron chi connectivity index (χ0n) is 19.1. The first-order valence-electron chi connectivity index (χ1n) is 11.0. The van der Waals surface area contributed by atoms with E-state index in [0.29, 0.717) is 16.4 Å². The summed E-state index contributed by atoms with van der Waals surface area (Å²) in [4.78, 5) is 29.6. The lowest BCUT2D eigenvalue weighted by Gasteiger charge is -2.20. The van der Waals surface area contributed by atoms with Crippen molar-refractivity contribution in [1.82, 2.24) is 15.6 Å². The van der Waals surface area contributed by atoms with Crippen LogP contribution in [0.25, 0.3) is 0 Å². The molecule has 0 aliphatic carbocycles. The van der Waals surface area contributed by atoms with Crippen molar-refractivity contribution in [1.29, 1.82) is 0 Å². The molecule has 0 aliphatic heterocycles. The van der Waals surface area contributed by atoms with E-state index in [1.165, 1.54) is 18.3 Å². The van der Waals surface area contributed by atoms with Crippen LogP contribution in [0.3, 0.4) is 0 Å². The lowest BCUT2D eigenvalue weighted by molar-refractivity contribution is -0.137. The number of alkyl halides is 3. The van der Waals surface area contributed by atoms with Crippen LogP contribution in [0.4, 0.5) is 19.0 Å². The molecule has 0 saturated carbocycles. The molecule has 0 spiro atoms. The second-order valence-corrected chi connectivity index (χ2v) is 8.60. The molecule has 0 bridgehead atoms. The Labute approximate surface area is 211 Å². The summed E-state index contributed by atoms with van der Waals surface area (Å²) in [5.74, 6) is -1.90. The highest BCUT2D eigenvalue weighted by Crippen LogP contribution is 2.31. The Balaban J connectivity index is 1.73. The maximum Gasteiger partial charge on any atom is 0.416 e. The van der Waals surface area contributed by atoms with Crippen molar-refractivity contribution < 1.29 is 22.8 Å². The molecule has 11 heteroatoms. The number of carbonyl (C=O) groups excluding carboxylic acids is 2. The van der Waals surface area contributed by atoms with E-state index in [2.05, 4.69) is 15.6 Å². The topological polar surface area (TPSA) is 123 Å². The summed E-state index contributed by atoms with van der Waals surface area (Å²) in [7, 11) is 0. The number of benzene rings is 2. The molecule has 3 aromatic rings. The van der Waals surface area contributed by atoms with E-state index in [1.54, 1.807) is 36.4 Å². The van der Waals surface area contributed by atoms with E-state index in [-0.39, 0.29) is 25.1 Å². The summed E-state index contributed by atoms with van der Waals surface area (Å²) >= 11 is 5.87. The number of aromatic nitrogens is 1. The van der Waals surface area contributed by atoms with Gasteiger partial charge < -0.3 is 22.1 Å². The summed E-state index contributed by atoms with van der Waals surface area (Å²) in [6, 6.07) is 13.6. The van der Waals surface area contributed by atoms with Crippen LogP contribution in [-0.2, 0) is 28.7 Å². The fraction of sp³-hybridized carbons (Fsp3) is 0.240. The first kappa shape index (κ1) is 27.0. The second kappa shape index (κ2) is 11.9. The number of carbonyl (C=O) groups is 2. The molecule has 2 aromatic carbocycles. The van der Waals surface area contributed by atoms with Gasteiger partial charge in [0, 0.05) is 24.3 Å². The molecule has 2 amide bonds. The van der Waals surface area contributed by atoms with Crippen LogP contribution in [-0.4, -0.2) is 29.4 Å². The molecule has 1 aromatic heterocycles. The number of hydrogen-bond acceptors (Lipinski definition) is 5. The van der Waals surface area contributed by atoms with E-state index in [4.69, 9.17) is 23.1 Å². The first-order valence-corrected chi connectivity index (χ1v) is 11.3. The molecule has 36 heavy (non-hydrogen) atoms. The Kier molecular flexibility index (Phi) is 8.89. The third-order valence-corrected chi connectivity index (χ3v) is 5.69. The van der Waals surface area contributed by atoms with E-state index in [0.717, 1.165) is 17.7 Å². The maximum atomic E-state index is 13.3. The largest absolute Gasteiger partial charge is 0.416 e. The van der Waals surface area contributed by atoms with Crippen molar-refractivity contribution >= 4 is 29.2 Å². The zero-order valence-corrected chi connectivity index (χ0v) is 19.8. The van der Waals surface area contributed by atoms with Gasteiger partial charge in [-0.2, -0.15) is 13.2 Å².